The van der Waals surface area contributed by atoms with Gasteiger partial charge >= 0.3 is 0 Å². The molecule has 582 valence electrons. The molecule has 0 aliphatic heterocycles. The summed E-state index contributed by atoms with van der Waals surface area (Å²) in [6.07, 6.45) is 7.33. The van der Waals surface area contributed by atoms with E-state index in [0.717, 1.165) is 94.6 Å². The van der Waals surface area contributed by atoms with Crippen LogP contribution in [0, 0.1) is 0 Å². The highest BCUT2D eigenvalue weighted by atomic mass is 15.0. The maximum absolute atomic E-state index is 5.08. The van der Waals surface area contributed by atoms with Gasteiger partial charge in [0.1, 0.15) is 0 Å². The van der Waals surface area contributed by atoms with Crippen molar-refractivity contribution in [2.24, 2.45) is 0 Å². The summed E-state index contributed by atoms with van der Waals surface area (Å²) in [4.78, 5) is 38.7. The van der Waals surface area contributed by atoms with Gasteiger partial charge in [-0.3, -0.25) is 9.97 Å². The minimum atomic E-state index is -0.347. The number of hydrogen-bond acceptors (Lipinski definition) is 8. The molecule has 4 aromatic heterocycles. The number of benzene rings is 16. The first kappa shape index (κ1) is 74.2. The lowest BCUT2D eigenvalue weighted by atomic mass is 9.70. The highest BCUT2D eigenvalue weighted by Crippen LogP contribution is 2.63. The Balaban J connectivity index is 0.000000149. The molecular formula is C116H78N8. The van der Waals surface area contributed by atoms with Gasteiger partial charge in [-0.05, 0) is 216 Å². The lowest BCUT2D eigenvalue weighted by molar-refractivity contribution is 0.660. The van der Waals surface area contributed by atoms with E-state index in [1.54, 1.807) is 12.4 Å². The maximum atomic E-state index is 5.08. The van der Waals surface area contributed by atoms with Gasteiger partial charge in [-0.15, -0.1) is 0 Å². The fraction of sp³-hybridized carbons (Fsp3) is 0.0345. The third-order valence-corrected chi connectivity index (χ3v) is 24.9. The molecule has 16 aromatic carbocycles. The van der Waals surface area contributed by atoms with Crippen LogP contribution in [-0.2, 0) is 10.8 Å². The second-order valence-electron chi connectivity index (χ2n) is 32.5. The first-order valence-electron chi connectivity index (χ1n) is 42.1. The predicted octanol–water partition coefficient (Wildman–Crippen LogP) is 28.5. The molecule has 20 aromatic rings. The molecule has 8 nitrogen and oxygen atoms in total. The summed E-state index contributed by atoms with van der Waals surface area (Å²) in [5.74, 6) is 3.76. The number of nitrogens with zero attached hydrogens (tertiary/aromatic N) is 8. The average molecular weight is 1580 g/mol. The number of pyridine rings is 2. The van der Waals surface area contributed by atoms with Crippen molar-refractivity contribution in [3.05, 3.63) is 471 Å². The Hall–Kier alpha value is -16.2. The summed E-state index contributed by atoms with van der Waals surface area (Å²) in [5.41, 5.74) is 39.5. The summed E-state index contributed by atoms with van der Waals surface area (Å²) in [6, 6.07) is 147. The van der Waals surface area contributed by atoms with Crippen molar-refractivity contribution in [2.75, 3.05) is 0 Å². The van der Waals surface area contributed by atoms with Crippen molar-refractivity contribution in [2.45, 2.75) is 24.7 Å². The van der Waals surface area contributed by atoms with E-state index in [1.165, 1.54) is 94.6 Å². The van der Waals surface area contributed by atoms with E-state index in [0.29, 0.717) is 34.9 Å². The van der Waals surface area contributed by atoms with Gasteiger partial charge in [0.25, 0.3) is 0 Å². The van der Waals surface area contributed by atoms with Crippen LogP contribution < -0.4 is 0 Å². The Morgan fingerprint density at radius 3 is 0.718 bits per heavy atom. The monoisotopic (exact) mass is 1580 g/mol. The zero-order valence-corrected chi connectivity index (χ0v) is 68.1. The van der Waals surface area contributed by atoms with Crippen molar-refractivity contribution in [3.63, 3.8) is 0 Å². The molecule has 0 fully saturated rings. The molecule has 124 heavy (non-hydrogen) atoms. The molecule has 0 unspecified atom stereocenters. The minimum absolute atomic E-state index is 0.00656. The highest BCUT2D eigenvalue weighted by Gasteiger charge is 2.51. The first-order chi connectivity index (χ1) is 61.2. The SMILES string of the molecule is CC1(C)c2ccccc2-c2cc(-c3cccc(-c4cccc(-c5cccc(-c6nc(-c7ccccc7)nc(-c7ccc(-c8cccnc8)cc7)n6)c5)c4)c3)ccc21.c1ccc(-c2nc(-c3ccc(-c4cccnc4)cc3)nc(-c3cccc(-c4cccc(-c5cccc(-c6ccc7c(c6)-c6ccccc6C76c7ccccc7-c7ccccc76)c5)c4)c3)n2)cc1. The predicted molar refractivity (Wildman–Crippen MR) is 505 cm³/mol. The minimum Gasteiger partial charge on any atom is -0.264 e. The van der Waals surface area contributed by atoms with E-state index in [-0.39, 0.29) is 10.8 Å². The van der Waals surface area contributed by atoms with Crippen LogP contribution in [0.3, 0.4) is 0 Å². The van der Waals surface area contributed by atoms with Crippen LogP contribution in [0.15, 0.2) is 437 Å². The molecule has 3 aliphatic carbocycles. The Kier molecular flexibility index (Phi) is 18.7. The van der Waals surface area contributed by atoms with Gasteiger partial charge in [0, 0.05) is 63.6 Å². The molecule has 23 rings (SSSR count). The topological polar surface area (TPSA) is 103 Å². The second kappa shape index (κ2) is 31.2. The van der Waals surface area contributed by atoms with Crippen molar-refractivity contribution >= 4 is 0 Å². The van der Waals surface area contributed by atoms with Crippen molar-refractivity contribution < 1.29 is 0 Å². The Morgan fingerprint density at radius 2 is 0.371 bits per heavy atom. The molecule has 0 atom stereocenters. The van der Waals surface area contributed by atoms with E-state index >= 15 is 0 Å². The molecule has 0 N–H and O–H groups in total. The van der Waals surface area contributed by atoms with Crippen LogP contribution in [0.5, 0.6) is 0 Å². The fourth-order valence-corrected chi connectivity index (χ4v) is 18.8. The van der Waals surface area contributed by atoms with Crippen LogP contribution in [0.25, 0.3) is 191 Å². The molecular weight excluding hydrogens is 1510 g/mol. The molecule has 0 radical (unpaired) electrons. The molecule has 8 heteroatoms. The normalized spacial score (nSPS) is 12.6. The van der Waals surface area contributed by atoms with Crippen LogP contribution in [0.4, 0.5) is 0 Å². The van der Waals surface area contributed by atoms with Crippen molar-refractivity contribution in [1.82, 2.24) is 39.9 Å². The number of hydrogen-bond donors (Lipinski definition) is 0. The van der Waals surface area contributed by atoms with Crippen LogP contribution in [0.2, 0.25) is 0 Å². The van der Waals surface area contributed by atoms with E-state index in [1.807, 2.05) is 85.2 Å². The number of rotatable bonds is 14. The Labute approximate surface area is 721 Å². The fourth-order valence-electron chi connectivity index (χ4n) is 18.8. The third kappa shape index (κ3) is 13.5. The second-order valence-corrected chi connectivity index (χ2v) is 32.5. The molecule has 3 aliphatic rings. The smallest absolute Gasteiger partial charge is 0.164 e. The van der Waals surface area contributed by atoms with Gasteiger partial charge in [-0.25, -0.2) is 29.9 Å². The number of aromatic nitrogens is 8. The summed E-state index contributed by atoms with van der Waals surface area (Å²) >= 11 is 0. The van der Waals surface area contributed by atoms with Gasteiger partial charge in [-0.2, -0.15) is 0 Å². The lowest BCUT2D eigenvalue weighted by Crippen LogP contribution is -2.25. The summed E-state index contributed by atoms with van der Waals surface area (Å²) in [5, 5.41) is 0. The molecule has 1 spiro atoms. The highest BCUT2D eigenvalue weighted by molar-refractivity contribution is 5.97. The van der Waals surface area contributed by atoms with Gasteiger partial charge < -0.3 is 0 Å². The van der Waals surface area contributed by atoms with Gasteiger partial charge in [0.05, 0.1) is 5.41 Å². The Morgan fingerprint density at radius 1 is 0.153 bits per heavy atom. The van der Waals surface area contributed by atoms with E-state index in [4.69, 9.17) is 29.9 Å². The van der Waals surface area contributed by atoms with Crippen LogP contribution in [-0.4, -0.2) is 39.9 Å². The number of fused-ring (bicyclic) bond motifs is 13. The molecule has 0 bridgehead atoms. The summed E-state index contributed by atoms with van der Waals surface area (Å²) in [6.45, 7) is 4.66. The first-order valence-corrected chi connectivity index (χ1v) is 42.1. The van der Waals surface area contributed by atoms with Gasteiger partial charge in [-0.1, -0.05) is 366 Å². The third-order valence-electron chi connectivity index (χ3n) is 24.9. The van der Waals surface area contributed by atoms with Gasteiger partial charge in [0.15, 0.2) is 34.9 Å². The summed E-state index contributed by atoms with van der Waals surface area (Å²) < 4.78 is 0. The lowest BCUT2D eigenvalue weighted by Gasteiger charge is -2.30. The van der Waals surface area contributed by atoms with E-state index in [9.17, 15) is 0 Å². The van der Waals surface area contributed by atoms with E-state index < -0.39 is 0 Å². The van der Waals surface area contributed by atoms with Crippen molar-refractivity contribution in [1.29, 1.82) is 0 Å². The molecule has 4 heterocycles. The van der Waals surface area contributed by atoms with Crippen molar-refractivity contribution in [3.8, 4) is 191 Å². The quantitative estimate of drug-likeness (QED) is 0.106. The van der Waals surface area contributed by atoms with Gasteiger partial charge in [0.2, 0.25) is 0 Å². The standard InChI is InChI=1S/C63H40N4.C53H38N4/c1-2-14-42(15-3-1)60-65-61(43-31-29-41(30-32-43)51-22-13-35-64-40-51)67-62(66-60)50-21-12-20-48(38-50)46-18-10-16-44(36-46)45-17-11-19-47(37-45)49-33-34-59-55(39-49)54-25-6-9-28-58(54)63(59)56-26-7-4-23-52(56)53-24-5-8-27-57(53)63;1-53(2)48-22-7-6-21-46(48)47-33-43(27-28-49(47)53)41-17-9-15-39(31-41)38-14-8-16-40(30-38)42-18-10-19-44(32-42)52-56-50(36-12-4-3-5-13-36)55-51(57-52)37-25-23-35(24-26-37)45-20-11-29-54-34-45/h1-40H;3-34H,1-2H3. The maximum Gasteiger partial charge on any atom is 0.164 e. The van der Waals surface area contributed by atoms with Crippen LogP contribution in [0.1, 0.15) is 47.2 Å². The molecule has 0 saturated heterocycles. The molecule has 0 amide bonds. The summed E-state index contributed by atoms with van der Waals surface area (Å²) in [7, 11) is 0. The average Bonchev–Trinajstić information content (AvgIpc) is 1.51. The largest absolute Gasteiger partial charge is 0.264 e. The zero-order valence-electron chi connectivity index (χ0n) is 68.1. The van der Waals surface area contributed by atoms with Crippen LogP contribution >= 0.6 is 0 Å². The molecule has 0 saturated carbocycles. The van der Waals surface area contributed by atoms with E-state index in [2.05, 4.69) is 364 Å². The Bertz CT molecular complexity index is 7450. The zero-order chi connectivity index (χ0) is 82.7.